The molecule has 5 heteroatoms. The molecule has 5 nitrogen and oxygen atoms in total. The van der Waals surface area contributed by atoms with Crippen LogP contribution < -0.4 is 4.74 Å². The van der Waals surface area contributed by atoms with Crippen molar-refractivity contribution in [2.75, 3.05) is 26.7 Å². The fourth-order valence-corrected chi connectivity index (χ4v) is 5.61. The molecule has 0 N–H and O–H groups in total. The Balaban J connectivity index is 1.50. The van der Waals surface area contributed by atoms with Gasteiger partial charge in [-0.25, -0.2) is 4.98 Å². The number of pyridine rings is 1. The smallest absolute Gasteiger partial charge is 0.272 e. The van der Waals surface area contributed by atoms with Crippen LogP contribution in [0.25, 0.3) is 0 Å². The highest BCUT2D eigenvalue weighted by atomic mass is 16.5. The van der Waals surface area contributed by atoms with E-state index in [-0.39, 0.29) is 5.91 Å². The van der Waals surface area contributed by atoms with E-state index in [1.54, 1.807) is 7.11 Å². The van der Waals surface area contributed by atoms with E-state index >= 15 is 0 Å². The Morgan fingerprint density at radius 2 is 1.82 bits per heavy atom. The lowest BCUT2D eigenvalue weighted by Crippen LogP contribution is -2.60. The number of carbonyl (C=O) groups excluding carboxylic acids is 1. The minimum Gasteiger partial charge on any atom is -0.497 e. The van der Waals surface area contributed by atoms with Crippen LogP contribution in [0.1, 0.15) is 40.5 Å². The predicted molar refractivity (Wildman–Crippen MR) is 108 cm³/mol. The first-order valence-electron chi connectivity index (χ1n) is 10.3. The SMILES string of the molecule is COc1ccc([C@H]2CN(C(=O)c3cccc(C)n3)[C@H]3C4CCN(CC4)[C@@H]23)cc1. The van der Waals surface area contributed by atoms with Crippen molar-refractivity contribution in [3.63, 3.8) is 0 Å². The number of ether oxygens (including phenoxy) is 1. The monoisotopic (exact) mass is 377 g/mol. The Hall–Kier alpha value is -2.40. The average molecular weight is 377 g/mol. The van der Waals surface area contributed by atoms with E-state index in [4.69, 9.17) is 4.74 Å². The van der Waals surface area contributed by atoms with Gasteiger partial charge in [-0.3, -0.25) is 9.69 Å². The molecule has 0 aliphatic carbocycles. The van der Waals surface area contributed by atoms with Crippen LogP contribution >= 0.6 is 0 Å². The van der Waals surface area contributed by atoms with Gasteiger partial charge in [0.15, 0.2) is 0 Å². The normalized spacial score (nSPS) is 30.9. The zero-order valence-corrected chi connectivity index (χ0v) is 16.5. The molecule has 146 valence electrons. The number of rotatable bonds is 3. The lowest BCUT2D eigenvalue weighted by Gasteiger charge is -2.51. The number of hydrogen-bond donors (Lipinski definition) is 0. The van der Waals surface area contributed by atoms with Gasteiger partial charge >= 0.3 is 0 Å². The zero-order valence-electron chi connectivity index (χ0n) is 16.5. The summed E-state index contributed by atoms with van der Waals surface area (Å²) in [7, 11) is 1.70. The van der Waals surface area contributed by atoms with E-state index in [0.717, 1.165) is 31.1 Å². The number of aryl methyl sites for hydroxylation is 1. The number of fused-ring (bicyclic) bond motifs is 2. The van der Waals surface area contributed by atoms with E-state index in [0.29, 0.717) is 29.6 Å². The van der Waals surface area contributed by atoms with Crippen LogP contribution in [-0.4, -0.2) is 59.5 Å². The second kappa shape index (κ2) is 6.89. The molecule has 6 rings (SSSR count). The molecule has 0 saturated carbocycles. The summed E-state index contributed by atoms with van der Waals surface area (Å²) in [6.07, 6.45) is 2.39. The van der Waals surface area contributed by atoms with Crippen molar-refractivity contribution < 1.29 is 9.53 Å². The average Bonchev–Trinajstić information content (AvgIpc) is 3.17. The highest BCUT2D eigenvalue weighted by Gasteiger charge is 2.54. The Morgan fingerprint density at radius 1 is 1.07 bits per heavy atom. The number of hydrogen-bond acceptors (Lipinski definition) is 4. The quantitative estimate of drug-likeness (QED) is 0.825. The number of benzene rings is 1. The Morgan fingerprint density at radius 3 is 2.50 bits per heavy atom. The Bertz CT molecular complexity index is 874. The van der Waals surface area contributed by atoms with Gasteiger partial charge in [0, 0.05) is 24.2 Å². The maximum Gasteiger partial charge on any atom is 0.272 e. The topological polar surface area (TPSA) is 45.7 Å². The van der Waals surface area contributed by atoms with E-state index in [9.17, 15) is 4.79 Å². The van der Waals surface area contributed by atoms with Gasteiger partial charge in [0.2, 0.25) is 0 Å². The van der Waals surface area contributed by atoms with Crippen LogP contribution in [0, 0.1) is 12.8 Å². The van der Waals surface area contributed by atoms with Crippen LogP contribution in [0.5, 0.6) is 5.75 Å². The molecule has 1 amide bonds. The highest BCUT2D eigenvalue weighted by molar-refractivity contribution is 5.93. The Labute approximate surface area is 166 Å². The molecule has 5 heterocycles. The van der Waals surface area contributed by atoms with Crippen molar-refractivity contribution in [3.8, 4) is 5.75 Å². The van der Waals surface area contributed by atoms with E-state index in [1.165, 1.54) is 18.4 Å². The van der Waals surface area contributed by atoms with E-state index < -0.39 is 0 Å². The third kappa shape index (κ3) is 2.80. The number of aromatic nitrogens is 1. The number of carbonyl (C=O) groups is 1. The van der Waals surface area contributed by atoms with Crippen LogP contribution in [0.2, 0.25) is 0 Å². The van der Waals surface area contributed by atoms with Crippen molar-refractivity contribution in [3.05, 3.63) is 59.4 Å². The lowest BCUT2D eigenvalue weighted by molar-refractivity contribution is -0.00358. The molecule has 28 heavy (non-hydrogen) atoms. The molecule has 4 aliphatic rings. The van der Waals surface area contributed by atoms with Crippen LogP contribution in [0.15, 0.2) is 42.5 Å². The number of amides is 1. The fraction of sp³-hybridized carbons (Fsp3) is 0.478. The lowest BCUT2D eigenvalue weighted by atomic mass is 9.75. The van der Waals surface area contributed by atoms with Crippen molar-refractivity contribution in [1.82, 2.24) is 14.8 Å². The summed E-state index contributed by atoms with van der Waals surface area (Å²) in [4.78, 5) is 22.7. The largest absolute Gasteiger partial charge is 0.497 e. The summed E-state index contributed by atoms with van der Waals surface area (Å²) in [5.41, 5.74) is 2.77. The van der Waals surface area contributed by atoms with Gasteiger partial charge in [0.1, 0.15) is 11.4 Å². The van der Waals surface area contributed by atoms with Gasteiger partial charge in [-0.2, -0.15) is 0 Å². The molecule has 4 saturated heterocycles. The summed E-state index contributed by atoms with van der Waals surface area (Å²) in [6, 6.07) is 14.8. The third-order valence-electron chi connectivity index (χ3n) is 6.91. The van der Waals surface area contributed by atoms with Gasteiger partial charge < -0.3 is 9.64 Å². The van der Waals surface area contributed by atoms with Crippen molar-refractivity contribution >= 4 is 5.91 Å². The molecule has 0 unspecified atom stereocenters. The molecule has 3 atom stereocenters. The van der Waals surface area contributed by atoms with Gasteiger partial charge in [-0.05, 0) is 68.6 Å². The van der Waals surface area contributed by atoms with Gasteiger partial charge in [0.25, 0.3) is 5.91 Å². The van der Waals surface area contributed by atoms with Crippen LogP contribution in [0.4, 0.5) is 0 Å². The molecule has 4 fully saturated rings. The number of methoxy groups -OCH3 is 1. The molecule has 0 radical (unpaired) electrons. The standard InChI is InChI=1S/C23H27N3O2/c1-15-4-3-5-20(24-15)23(27)26-14-19(16-6-8-18(28-2)9-7-16)22-21(26)17-10-12-25(22)13-11-17/h3-9,17,19,21-22H,10-14H2,1-2H3/t19-,21+,22+/m1/s1. The maximum atomic E-state index is 13.4. The molecule has 4 aliphatic heterocycles. The second-order valence-corrected chi connectivity index (χ2v) is 8.36. The number of piperidine rings is 3. The molecule has 1 aromatic carbocycles. The fourth-order valence-electron chi connectivity index (χ4n) is 5.61. The Kier molecular flexibility index (Phi) is 4.35. The summed E-state index contributed by atoms with van der Waals surface area (Å²) in [6.45, 7) is 5.02. The molecular weight excluding hydrogens is 350 g/mol. The third-order valence-corrected chi connectivity index (χ3v) is 6.91. The van der Waals surface area contributed by atoms with Crippen LogP contribution in [-0.2, 0) is 0 Å². The highest BCUT2D eigenvalue weighted by Crippen LogP contribution is 2.47. The molecular formula is C23H27N3O2. The summed E-state index contributed by atoms with van der Waals surface area (Å²) >= 11 is 0. The predicted octanol–water partition coefficient (Wildman–Crippen LogP) is 3.10. The number of nitrogens with zero attached hydrogens (tertiary/aromatic N) is 3. The summed E-state index contributed by atoms with van der Waals surface area (Å²) in [5, 5.41) is 0. The molecule has 0 spiro atoms. The van der Waals surface area contributed by atoms with Gasteiger partial charge in [-0.1, -0.05) is 18.2 Å². The van der Waals surface area contributed by atoms with Crippen LogP contribution in [0.3, 0.4) is 0 Å². The first kappa shape index (κ1) is 17.7. The van der Waals surface area contributed by atoms with Crippen molar-refractivity contribution in [1.29, 1.82) is 0 Å². The van der Waals surface area contributed by atoms with E-state index in [1.807, 2.05) is 37.3 Å². The summed E-state index contributed by atoms with van der Waals surface area (Å²) < 4.78 is 5.33. The molecule has 1 aromatic heterocycles. The number of likely N-dealkylation sites (tertiary alicyclic amines) is 1. The minimum absolute atomic E-state index is 0.0865. The first-order chi connectivity index (χ1) is 13.7. The zero-order chi connectivity index (χ0) is 19.3. The first-order valence-corrected chi connectivity index (χ1v) is 10.3. The van der Waals surface area contributed by atoms with Gasteiger partial charge in [0.05, 0.1) is 13.2 Å². The van der Waals surface area contributed by atoms with Crippen molar-refractivity contribution in [2.45, 2.75) is 37.8 Å². The minimum atomic E-state index is 0.0865. The van der Waals surface area contributed by atoms with Gasteiger partial charge in [-0.15, -0.1) is 0 Å². The second-order valence-electron chi connectivity index (χ2n) is 8.36. The molecule has 2 bridgehead atoms. The maximum absolute atomic E-state index is 13.4. The van der Waals surface area contributed by atoms with E-state index in [2.05, 4.69) is 26.9 Å². The summed E-state index contributed by atoms with van der Waals surface area (Å²) in [5.74, 6) is 1.91. The van der Waals surface area contributed by atoms with Crippen molar-refractivity contribution in [2.24, 2.45) is 5.92 Å². The molecule has 2 aromatic rings.